The van der Waals surface area contributed by atoms with Gasteiger partial charge in [0.05, 0.1) is 22.8 Å². The summed E-state index contributed by atoms with van der Waals surface area (Å²) in [6.07, 6.45) is 1.27. The molecule has 2 amide bonds. The summed E-state index contributed by atoms with van der Waals surface area (Å²) in [6, 6.07) is 11.0. The Labute approximate surface area is 155 Å². The van der Waals surface area contributed by atoms with E-state index in [0.29, 0.717) is 10.9 Å². The number of phenols is 1. The maximum atomic E-state index is 12.4. The fourth-order valence-electron chi connectivity index (χ4n) is 2.30. The van der Waals surface area contributed by atoms with Crippen molar-refractivity contribution < 1.29 is 14.7 Å². The predicted molar refractivity (Wildman–Crippen MR) is 97.4 cm³/mol. The summed E-state index contributed by atoms with van der Waals surface area (Å²) < 4.78 is 1.86. The number of aromatic nitrogens is 2. The first-order chi connectivity index (χ1) is 12.5. The number of aromatic hydroxyl groups is 1. The number of carbonyl (C=O) groups excluding carboxylic acids is 2. The van der Waals surface area contributed by atoms with Gasteiger partial charge in [-0.3, -0.25) is 29.8 Å². The molecular weight excluding hydrogens is 404 g/mol. The number of halogens is 1. The maximum absolute atomic E-state index is 12.4. The lowest BCUT2D eigenvalue weighted by molar-refractivity contribution is -0.122. The number of fused-ring (bicyclic) bond motifs is 1. The molecule has 3 N–H and O–H groups in total. The minimum atomic E-state index is -0.677. The normalized spacial score (nSPS) is 10.5. The Morgan fingerprint density at radius 2 is 1.92 bits per heavy atom. The van der Waals surface area contributed by atoms with Gasteiger partial charge in [-0.05, 0) is 30.3 Å². The van der Waals surface area contributed by atoms with Gasteiger partial charge >= 0.3 is 0 Å². The molecule has 1 heterocycles. The minimum absolute atomic E-state index is 0.0159. The number of nitrogens with one attached hydrogen (secondary N) is 2. The minimum Gasteiger partial charge on any atom is -0.507 e. The van der Waals surface area contributed by atoms with E-state index in [9.17, 15) is 19.5 Å². The number of carbonyl (C=O) groups is 2. The van der Waals surface area contributed by atoms with Gasteiger partial charge < -0.3 is 5.11 Å². The third-order valence-corrected chi connectivity index (χ3v) is 4.06. The Morgan fingerprint density at radius 3 is 2.69 bits per heavy atom. The summed E-state index contributed by atoms with van der Waals surface area (Å²) in [4.78, 5) is 40.5. The van der Waals surface area contributed by atoms with Crippen LogP contribution in [-0.2, 0) is 11.3 Å². The number of phenolic OH excluding ortho intramolecular Hbond substituents is 1. The lowest BCUT2D eigenvalue weighted by atomic mass is 10.2. The van der Waals surface area contributed by atoms with Crippen LogP contribution >= 0.6 is 15.9 Å². The van der Waals surface area contributed by atoms with Crippen LogP contribution in [0.3, 0.4) is 0 Å². The van der Waals surface area contributed by atoms with Gasteiger partial charge in [0.25, 0.3) is 17.4 Å². The van der Waals surface area contributed by atoms with Gasteiger partial charge in [0, 0.05) is 4.47 Å². The Kier molecular flexibility index (Phi) is 4.99. The molecule has 0 unspecified atom stereocenters. The molecule has 3 rings (SSSR count). The van der Waals surface area contributed by atoms with Gasteiger partial charge in [0.1, 0.15) is 12.3 Å². The van der Waals surface area contributed by atoms with Crippen molar-refractivity contribution in [3.8, 4) is 5.75 Å². The van der Waals surface area contributed by atoms with Crippen LogP contribution in [0.4, 0.5) is 0 Å². The molecule has 8 nitrogen and oxygen atoms in total. The largest absolute Gasteiger partial charge is 0.507 e. The first-order valence-corrected chi connectivity index (χ1v) is 8.27. The standard InChI is InChI=1S/C17H13BrN4O4/c18-10-5-6-13-12(7-10)17(26)22(9-19-13)8-15(24)20-21-16(25)11-3-1-2-4-14(11)23/h1-7,9,23H,8H2,(H,20,24)(H,21,25). The highest BCUT2D eigenvalue weighted by molar-refractivity contribution is 9.10. The van der Waals surface area contributed by atoms with Crippen molar-refractivity contribution in [1.82, 2.24) is 20.4 Å². The zero-order valence-corrected chi connectivity index (χ0v) is 14.9. The van der Waals surface area contributed by atoms with Crippen LogP contribution in [-0.4, -0.2) is 26.5 Å². The molecule has 0 saturated heterocycles. The van der Waals surface area contributed by atoms with Gasteiger partial charge in [-0.2, -0.15) is 0 Å². The third-order valence-electron chi connectivity index (χ3n) is 3.56. The highest BCUT2D eigenvalue weighted by atomic mass is 79.9. The first kappa shape index (κ1) is 17.6. The fourth-order valence-corrected chi connectivity index (χ4v) is 2.66. The van der Waals surface area contributed by atoms with Gasteiger partial charge in [-0.25, -0.2) is 4.98 Å². The second-order valence-electron chi connectivity index (χ2n) is 5.36. The zero-order valence-electron chi connectivity index (χ0n) is 13.3. The van der Waals surface area contributed by atoms with Crippen LogP contribution < -0.4 is 16.4 Å². The van der Waals surface area contributed by atoms with Crippen LogP contribution in [0.2, 0.25) is 0 Å². The Morgan fingerprint density at radius 1 is 1.15 bits per heavy atom. The van der Waals surface area contributed by atoms with Crippen LogP contribution in [0, 0.1) is 0 Å². The lowest BCUT2D eigenvalue weighted by Gasteiger charge is -2.10. The number of hydrogen-bond donors (Lipinski definition) is 3. The molecule has 9 heteroatoms. The summed E-state index contributed by atoms with van der Waals surface area (Å²) in [6.45, 7) is -0.324. The molecule has 132 valence electrons. The van der Waals surface area contributed by atoms with E-state index in [0.717, 1.165) is 9.04 Å². The SMILES string of the molecule is O=C(Cn1cnc2ccc(Br)cc2c1=O)NNC(=O)c1ccccc1O. The van der Waals surface area contributed by atoms with Gasteiger partial charge in [-0.15, -0.1) is 0 Å². The summed E-state index contributed by atoms with van der Waals surface area (Å²) in [5, 5.41) is 9.98. The summed E-state index contributed by atoms with van der Waals surface area (Å²) in [5.41, 5.74) is 4.54. The average Bonchev–Trinajstić information content (AvgIpc) is 2.63. The second kappa shape index (κ2) is 7.36. The number of rotatable bonds is 3. The quantitative estimate of drug-likeness (QED) is 0.557. The van der Waals surface area contributed by atoms with Crippen LogP contribution in [0.25, 0.3) is 10.9 Å². The Hall–Kier alpha value is -3.20. The van der Waals surface area contributed by atoms with Crippen molar-refractivity contribution in [2.45, 2.75) is 6.54 Å². The van der Waals surface area contributed by atoms with E-state index in [1.807, 2.05) is 0 Å². The van der Waals surface area contributed by atoms with Crippen molar-refractivity contribution in [3.05, 3.63) is 69.2 Å². The maximum Gasteiger partial charge on any atom is 0.273 e. The summed E-state index contributed by atoms with van der Waals surface area (Å²) >= 11 is 3.29. The van der Waals surface area contributed by atoms with E-state index in [4.69, 9.17) is 0 Å². The number of hydrogen-bond acceptors (Lipinski definition) is 5. The molecule has 3 aromatic rings. The number of para-hydroxylation sites is 1. The molecule has 0 spiro atoms. The highest BCUT2D eigenvalue weighted by Gasteiger charge is 2.12. The molecule has 0 fully saturated rings. The van der Waals surface area contributed by atoms with E-state index >= 15 is 0 Å². The van der Waals surface area contributed by atoms with Crippen molar-refractivity contribution >= 4 is 38.6 Å². The molecule has 0 saturated carbocycles. The highest BCUT2D eigenvalue weighted by Crippen LogP contribution is 2.15. The fraction of sp³-hybridized carbons (Fsp3) is 0.0588. The summed E-state index contributed by atoms with van der Waals surface area (Å²) in [5.74, 6) is -1.50. The van der Waals surface area contributed by atoms with Crippen molar-refractivity contribution in [1.29, 1.82) is 0 Å². The van der Waals surface area contributed by atoms with Crippen molar-refractivity contribution in [2.75, 3.05) is 0 Å². The number of nitrogens with zero attached hydrogens (tertiary/aromatic N) is 2. The van der Waals surface area contributed by atoms with Gasteiger partial charge in [0.2, 0.25) is 0 Å². The molecule has 2 aromatic carbocycles. The first-order valence-electron chi connectivity index (χ1n) is 7.47. The van der Waals surface area contributed by atoms with E-state index in [1.54, 1.807) is 30.3 Å². The number of benzene rings is 2. The van der Waals surface area contributed by atoms with E-state index in [-0.39, 0.29) is 23.4 Å². The monoisotopic (exact) mass is 416 g/mol. The molecule has 26 heavy (non-hydrogen) atoms. The van der Waals surface area contributed by atoms with Crippen LogP contribution in [0.15, 0.2) is 58.1 Å². The van der Waals surface area contributed by atoms with Gasteiger partial charge in [-0.1, -0.05) is 28.1 Å². The molecule has 0 bridgehead atoms. The molecular formula is C17H13BrN4O4. The van der Waals surface area contributed by atoms with Crippen LogP contribution in [0.1, 0.15) is 10.4 Å². The third kappa shape index (κ3) is 3.72. The smallest absolute Gasteiger partial charge is 0.273 e. The topological polar surface area (TPSA) is 113 Å². The number of amides is 2. The molecule has 0 aliphatic heterocycles. The van der Waals surface area contributed by atoms with Crippen molar-refractivity contribution in [3.63, 3.8) is 0 Å². The second-order valence-corrected chi connectivity index (χ2v) is 6.27. The van der Waals surface area contributed by atoms with E-state index in [2.05, 4.69) is 31.8 Å². The number of hydrazine groups is 1. The molecule has 1 aromatic heterocycles. The molecule has 0 aliphatic rings. The average molecular weight is 417 g/mol. The Balaban J connectivity index is 1.70. The van der Waals surface area contributed by atoms with Crippen LogP contribution in [0.5, 0.6) is 5.75 Å². The van der Waals surface area contributed by atoms with E-state index in [1.165, 1.54) is 18.5 Å². The molecule has 0 atom stereocenters. The predicted octanol–water partition coefficient (Wildman–Crippen LogP) is 1.33. The molecule has 0 aliphatic carbocycles. The van der Waals surface area contributed by atoms with E-state index < -0.39 is 11.8 Å². The van der Waals surface area contributed by atoms with Gasteiger partial charge in [0.15, 0.2) is 0 Å². The zero-order chi connectivity index (χ0) is 18.7. The molecule has 0 radical (unpaired) electrons. The summed E-state index contributed by atoms with van der Waals surface area (Å²) in [7, 11) is 0. The van der Waals surface area contributed by atoms with Crippen molar-refractivity contribution in [2.24, 2.45) is 0 Å². The Bertz CT molecular complexity index is 1060. The lowest BCUT2D eigenvalue weighted by Crippen LogP contribution is -2.44.